The van der Waals surface area contributed by atoms with Gasteiger partial charge in [-0.25, -0.2) is 4.79 Å². The highest BCUT2D eigenvalue weighted by molar-refractivity contribution is 5.78. The van der Waals surface area contributed by atoms with Crippen LogP contribution < -0.4 is 0 Å². The summed E-state index contributed by atoms with van der Waals surface area (Å²) < 4.78 is 5.29. The zero-order valence-electron chi connectivity index (χ0n) is 12.6. The molecular weight excluding hydrogens is 258 g/mol. The fourth-order valence-corrected chi connectivity index (χ4v) is 2.78. The van der Waals surface area contributed by atoms with Crippen molar-refractivity contribution in [2.24, 2.45) is 5.92 Å². The monoisotopic (exact) mass is 285 g/mol. The molecule has 0 aromatic rings. The molecule has 1 amide bonds. The van der Waals surface area contributed by atoms with E-state index < -0.39 is 5.97 Å². The molecule has 5 nitrogen and oxygen atoms in total. The number of piperidine rings is 1. The highest BCUT2D eigenvalue weighted by atomic mass is 16.5. The van der Waals surface area contributed by atoms with Crippen molar-refractivity contribution in [2.45, 2.75) is 58.5 Å². The molecule has 1 saturated heterocycles. The highest BCUT2D eigenvalue weighted by Gasteiger charge is 2.27. The molecule has 0 bridgehead atoms. The maximum atomic E-state index is 12.4. The van der Waals surface area contributed by atoms with Crippen molar-refractivity contribution in [3.05, 3.63) is 0 Å². The molecule has 0 saturated carbocycles. The van der Waals surface area contributed by atoms with Crippen LogP contribution in [0.4, 0.5) is 0 Å². The van der Waals surface area contributed by atoms with Crippen molar-refractivity contribution < 1.29 is 19.4 Å². The molecule has 5 heteroatoms. The van der Waals surface area contributed by atoms with E-state index >= 15 is 0 Å². The number of hydrogen-bond acceptors (Lipinski definition) is 3. The van der Waals surface area contributed by atoms with Gasteiger partial charge in [0, 0.05) is 19.0 Å². The first kappa shape index (κ1) is 17.0. The SMILES string of the molecule is CCCC(CCC)C(=O)N1CCC(OCC(=O)O)CC1. The molecule has 1 fully saturated rings. The zero-order chi connectivity index (χ0) is 15.0. The van der Waals surface area contributed by atoms with Gasteiger partial charge in [-0.05, 0) is 25.7 Å². The van der Waals surface area contributed by atoms with E-state index in [1.165, 1.54) is 0 Å². The smallest absolute Gasteiger partial charge is 0.329 e. The second-order valence-corrected chi connectivity index (χ2v) is 5.50. The third-order valence-electron chi connectivity index (χ3n) is 3.82. The van der Waals surface area contributed by atoms with E-state index in [1.54, 1.807) is 0 Å². The first-order chi connectivity index (χ1) is 9.58. The summed E-state index contributed by atoms with van der Waals surface area (Å²) in [6, 6.07) is 0. The number of carbonyl (C=O) groups is 2. The van der Waals surface area contributed by atoms with Gasteiger partial charge in [-0.15, -0.1) is 0 Å². The van der Waals surface area contributed by atoms with Crippen molar-refractivity contribution in [2.75, 3.05) is 19.7 Å². The van der Waals surface area contributed by atoms with Crippen LogP contribution in [-0.4, -0.2) is 47.7 Å². The standard InChI is InChI=1S/C15H27NO4/c1-3-5-12(6-4-2)15(19)16-9-7-13(8-10-16)20-11-14(17)18/h12-13H,3-11H2,1-2H3,(H,17,18). The Morgan fingerprint density at radius 3 is 2.20 bits per heavy atom. The number of rotatable bonds is 8. The molecule has 0 aromatic heterocycles. The molecule has 0 aliphatic carbocycles. The predicted molar refractivity (Wildman–Crippen MR) is 76.5 cm³/mol. The molecule has 20 heavy (non-hydrogen) atoms. The first-order valence-corrected chi connectivity index (χ1v) is 7.70. The summed E-state index contributed by atoms with van der Waals surface area (Å²) in [6.45, 7) is 5.36. The Morgan fingerprint density at radius 2 is 1.75 bits per heavy atom. The van der Waals surface area contributed by atoms with Crippen molar-refractivity contribution in [3.63, 3.8) is 0 Å². The van der Waals surface area contributed by atoms with Gasteiger partial charge < -0.3 is 14.7 Å². The number of aliphatic carboxylic acids is 1. The van der Waals surface area contributed by atoms with Gasteiger partial charge >= 0.3 is 5.97 Å². The molecule has 1 aliphatic rings. The molecule has 1 rings (SSSR count). The Hall–Kier alpha value is -1.10. The number of carboxylic acid groups (broad SMARTS) is 1. The van der Waals surface area contributed by atoms with Crippen molar-refractivity contribution >= 4 is 11.9 Å². The number of amides is 1. The Bertz CT molecular complexity index is 305. The number of carbonyl (C=O) groups excluding carboxylic acids is 1. The molecule has 116 valence electrons. The minimum Gasteiger partial charge on any atom is -0.480 e. The average Bonchev–Trinajstić information content (AvgIpc) is 2.44. The first-order valence-electron chi connectivity index (χ1n) is 7.70. The minimum atomic E-state index is -0.936. The van der Waals surface area contributed by atoms with Gasteiger partial charge in [0.25, 0.3) is 0 Å². The lowest BCUT2D eigenvalue weighted by atomic mass is 9.95. The van der Waals surface area contributed by atoms with Crippen LogP contribution in [-0.2, 0) is 14.3 Å². The van der Waals surface area contributed by atoms with Crippen molar-refractivity contribution in [1.82, 2.24) is 4.90 Å². The van der Waals surface area contributed by atoms with Crippen LogP contribution in [0.1, 0.15) is 52.4 Å². The van der Waals surface area contributed by atoms with E-state index in [1.807, 2.05) is 4.90 Å². The third-order valence-corrected chi connectivity index (χ3v) is 3.82. The second kappa shape index (κ2) is 8.95. The summed E-state index contributed by atoms with van der Waals surface area (Å²) in [7, 11) is 0. The molecule has 0 unspecified atom stereocenters. The summed E-state index contributed by atoms with van der Waals surface area (Å²) in [5.74, 6) is -0.513. The fraction of sp³-hybridized carbons (Fsp3) is 0.867. The summed E-state index contributed by atoms with van der Waals surface area (Å²) in [6.07, 6.45) is 5.45. The Balaban J connectivity index is 2.39. The Labute approximate surface area is 121 Å². The predicted octanol–water partition coefficient (Wildman–Crippen LogP) is 2.30. The lowest BCUT2D eigenvalue weighted by Crippen LogP contribution is -2.44. The summed E-state index contributed by atoms with van der Waals surface area (Å²) in [4.78, 5) is 24.8. The van der Waals surface area contributed by atoms with Gasteiger partial charge in [0.15, 0.2) is 0 Å². The van der Waals surface area contributed by atoms with E-state index in [4.69, 9.17) is 9.84 Å². The van der Waals surface area contributed by atoms with Crippen LogP contribution >= 0.6 is 0 Å². The summed E-state index contributed by atoms with van der Waals surface area (Å²) >= 11 is 0. The van der Waals surface area contributed by atoms with E-state index in [-0.39, 0.29) is 24.5 Å². The largest absolute Gasteiger partial charge is 0.480 e. The Kier molecular flexibility index (Phi) is 7.59. The maximum absolute atomic E-state index is 12.4. The van der Waals surface area contributed by atoms with Crippen LogP contribution in [0, 0.1) is 5.92 Å². The molecule has 0 spiro atoms. The number of nitrogens with zero attached hydrogens (tertiary/aromatic N) is 1. The number of ether oxygens (including phenoxy) is 1. The lowest BCUT2D eigenvalue weighted by molar-refractivity contribution is -0.147. The number of hydrogen-bond donors (Lipinski definition) is 1. The van der Waals surface area contributed by atoms with Crippen LogP contribution in [0.15, 0.2) is 0 Å². The van der Waals surface area contributed by atoms with Gasteiger partial charge in [0.05, 0.1) is 6.10 Å². The topological polar surface area (TPSA) is 66.8 Å². The van der Waals surface area contributed by atoms with E-state index in [0.717, 1.165) is 38.5 Å². The summed E-state index contributed by atoms with van der Waals surface area (Å²) in [5, 5.41) is 8.59. The van der Waals surface area contributed by atoms with Gasteiger partial charge in [0.1, 0.15) is 6.61 Å². The van der Waals surface area contributed by atoms with Crippen molar-refractivity contribution in [3.8, 4) is 0 Å². The van der Waals surface area contributed by atoms with E-state index in [9.17, 15) is 9.59 Å². The zero-order valence-corrected chi connectivity index (χ0v) is 12.6. The van der Waals surface area contributed by atoms with Crippen LogP contribution in [0.3, 0.4) is 0 Å². The third kappa shape index (κ3) is 5.49. The fourth-order valence-electron chi connectivity index (χ4n) is 2.78. The molecule has 0 aromatic carbocycles. The van der Waals surface area contributed by atoms with Crippen molar-refractivity contribution in [1.29, 1.82) is 0 Å². The second-order valence-electron chi connectivity index (χ2n) is 5.50. The minimum absolute atomic E-state index is 0.0223. The van der Waals surface area contributed by atoms with Gasteiger partial charge in [0.2, 0.25) is 5.91 Å². The maximum Gasteiger partial charge on any atom is 0.329 e. The van der Waals surface area contributed by atoms with Crippen LogP contribution in [0.25, 0.3) is 0 Å². The molecule has 1 N–H and O–H groups in total. The molecule has 1 heterocycles. The van der Waals surface area contributed by atoms with E-state index in [0.29, 0.717) is 13.1 Å². The van der Waals surface area contributed by atoms with Gasteiger partial charge in [-0.2, -0.15) is 0 Å². The van der Waals surface area contributed by atoms with Gasteiger partial charge in [-0.3, -0.25) is 4.79 Å². The normalized spacial score (nSPS) is 16.6. The summed E-state index contributed by atoms with van der Waals surface area (Å²) in [5.41, 5.74) is 0. The molecule has 0 radical (unpaired) electrons. The average molecular weight is 285 g/mol. The van der Waals surface area contributed by atoms with Crippen LogP contribution in [0.5, 0.6) is 0 Å². The molecule has 0 atom stereocenters. The van der Waals surface area contributed by atoms with E-state index in [2.05, 4.69) is 13.8 Å². The lowest BCUT2D eigenvalue weighted by Gasteiger charge is -2.34. The Morgan fingerprint density at radius 1 is 1.20 bits per heavy atom. The molecular formula is C15H27NO4. The van der Waals surface area contributed by atoms with Gasteiger partial charge in [-0.1, -0.05) is 26.7 Å². The van der Waals surface area contributed by atoms with Crippen LogP contribution in [0.2, 0.25) is 0 Å². The highest BCUT2D eigenvalue weighted by Crippen LogP contribution is 2.21. The quantitative estimate of drug-likeness (QED) is 0.743. The number of likely N-dealkylation sites (tertiary alicyclic amines) is 1. The molecule has 1 aliphatic heterocycles. The number of carboxylic acids is 1.